The van der Waals surface area contributed by atoms with Gasteiger partial charge in [0.25, 0.3) is 5.56 Å². The Bertz CT molecular complexity index is 1170. The second-order valence-electron chi connectivity index (χ2n) is 6.04. The molecule has 27 heavy (non-hydrogen) atoms. The third-order valence-corrected chi connectivity index (χ3v) is 5.17. The lowest BCUT2D eigenvalue weighted by atomic mass is 10.1. The number of aryl methyl sites for hydroxylation is 2. The molecule has 0 saturated heterocycles. The normalized spacial score (nSPS) is 11.2. The molecular formula is C20H18N4O2S. The first-order valence-corrected chi connectivity index (χ1v) is 9.67. The average molecular weight is 378 g/mol. The quantitative estimate of drug-likeness (QED) is 0.387. The molecule has 0 radical (unpaired) electrons. The Morgan fingerprint density at radius 3 is 2.63 bits per heavy atom. The Balaban J connectivity index is 1.89. The van der Waals surface area contributed by atoms with E-state index in [9.17, 15) is 4.79 Å². The summed E-state index contributed by atoms with van der Waals surface area (Å²) in [5, 5.41) is 9.09. The van der Waals surface area contributed by atoms with Gasteiger partial charge in [-0.05, 0) is 30.2 Å². The van der Waals surface area contributed by atoms with Crippen LogP contribution >= 0.6 is 11.8 Å². The molecule has 2 aromatic carbocycles. The lowest BCUT2D eigenvalue weighted by molar-refractivity contribution is 0.485. The number of thioether (sulfide) groups is 1. The maximum atomic E-state index is 13.3. The summed E-state index contributed by atoms with van der Waals surface area (Å²) >= 11 is 1.41. The third kappa shape index (κ3) is 3.38. The van der Waals surface area contributed by atoms with Crippen LogP contribution in [-0.4, -0.2) is 19.7 Å². The number of fused-ring (bicyclic) bond motifs is 1. The Morgan fingerprint density at radius 1 is 1.07 bits per heavy atom. The van der Waals surface area contributed by atoms with Gasteiger partial charge in [-0.3, -0.25) is 9.36 Å². The van der Waals surface area contributed by atoms with Gasteiger partial charge in [0.1, 0.15) is 0 Å². The van der Waals surface area contributed by atoms with E-state index >= 15 is 0 Å². The number of hydrogen-bond acceptors (Lipinski definition) is 6. The first-order chi connectivity index (χ1) is 13.2. The Hall–Kier alpha value is -2.93. The molecule has 136 valence electrons. The topological polar surface area (TPSA) is 73.8 Å². The maximum absolute atomic E-state index is 13.3. The summed E-state index contributed by atoms with van der Waals surface area (Å²) in [5.41, 5.74) is 2.54. The molecule has 0 N–H and O–H groups in total. The maximum Gasteiger partial charge on any atom is 0.266 e. The van der Waals surface area contributed by atoms with Crippen LogP contribution in [0.15, 0.2) is 62.9 Å². The smallest absolute Gasteiger partial charge is 0.266 e. The van der Waals surface area contributed by atoms with Crippen LogP contribution < -0.4 is 5.56 Å². The zero-order chi connectivity index (χ0) is 18.8. The number of rotatable bonds is 5. The van der Waals surface area contributed by atoms with Gasteiger partial charge in [-0.25, -0.2) is 4.98 Å². The first kappa shape index (κ1) is 17.5. The highest BCUT2D eigenvalue weighted by atomic mass is 32.2. The molecular weight excluding hydrogens is 360 g/mol. The molecule has 0 aliphatic rings. The standard InChI is InChI=1S/C20H18N4O2S/c1-3-14-8-4-7-11-17(14)24-19(25)15-9-5-6-10-16(15)21-20(24)27-12-18-23-22-13(2)26-18/h4-11H,3,12H2,1-2H3. The summed E-state index contributed by atoms with van der Waals surface area (Å²) in [5.74, 6) is 1.47. The predicted octanol–water partition coefficient (Wildman–Crippen LogP) is 3.93. The molecule has 4 rings (SSSR count). The van der Waals surface area contributed by atoms with Crippen LogP contribution in [0.1, 0.15) is 24.3 Å². The SMILES string of the molecule is CCc1ccccc1-n1c(SCc2nnc(C)o2)nc2ccccc2c1=O. The van der Waals surface area contributed by atoms with Crippen LogP contribution in [0, 0.1) is 6.92 Å². The van der Waals surface area contributed by atoms with Crippen molar-refractivity contribution >= 4 is 22.7 Å². The monoisotopic (exact) mass is 378 g/mol. The Morgan fingerprint density at radius 2 is 1.85 bits per heavy atom. The van der Waals surface area contributed by atoms with E-state index in [1.807, 2.05) is 48.5 Å². The van der Waals surface area contributed by atoms with Gasteiger partial charge in [-0.15, -0.1) is 10.2 Å². The average Bonchev–Trinajstić information content (AvgIpc) is 3.12. The molecule has 0 saturated carbocycles. The van der Waals surface area contributed by atoms with Crippen LogP contribution in [0.5, 0.6) is 0 Å². The number of hydrogen-bond donors (Lipinski definition) is 0. The molecule has 7 heteroatoms. The predicted molar refractivity (Wildman–Crippen MR) is 105 cm³/mol. The van der Waals surface area contributed by atoms with Crippen LogP contribution in [0.4, 0.5) is 0 Å². The molecule has 0 amide bonds. The van der Waals surface area contributed by atoms with E-state index in [1.165, 1.54) is 11.8 Å². The lowest BCUT2D eigenvalue weighted by Gasteiger charge is -2.15. The van der Waals surface area contributed by atoms with Crippen LogP contribution in [0.25, 0.3) is 16.6 Å². The fourth-order valence-corrected chi connectivity index (χ4v) is 3.81. The minimum absolute atomic E-state index is 0.0780. The van der Waals surface area contributed by atoms with Gasteiger partial charge in [0, 0.05) is 6.92 Å². The molecule has 2 heterocycles. The van der Waals surface area contributed by atoms with Crippen molar-refractivity contribution in [2.24, 2.45) is 0 Å². The molecule has 0 spiro atoms. The van der Waals surface area contributed by atoms with Crippen molar-refractivity contribution in [3.8, 4) is 5.69 Å². The fraction of sp³-hybridized carbons (Fsp3) is 0.200. The van der Waals surface area contributed by atoms with E-state index in [1.54, 1.807) is 11.5 Å². The molecule has 6 nitrogen and oxygen atoms in total. The zero-order valence-electron chi connectivity index (χ0n) is 15.0. The second kappa shape index (κ2) is 7.36. The zero-order valence-corrected chi connectivity index (χ0v) is 15.9. The lowest BCUT2D eigenvalue weighted by Crippen LogP contribution is -2.22. The van der Waals surface area contributed by atoms with Crippen LogP contribution in [-0.2, 0) is 12.2 Å². The third-order valence-electron chi connectivity index (χ3n) is 4.25. The van der Waals surface area contributed by atoms with Gasteiger partial charge < -0.3 is 4.42 Å². The summed E-state index contributed by atoms with van der Waals surface area (Å²) < 4.78 is 7.14. The van der Waals surface area contributed by atoms with Crippen molar-refractivity contribution in [1.82, 2.24) is 19.7 Å². The molecule has 0 atom stereocenters. The summed E-state index contributed by atoms with van der Waals surface area (Å²) in [4.78, 5) is 18.0. The van der Waals surface area contributed by atoms with Crippen molar-refractivity contribution in [1.29, 1.82) is 0 Å². The molecule has 4 aromatic rings. The molecule has 0 fully saturated rings. The first-order valence-electron chi connectivity index (χ1n) is 8.69. The molecule has 0 bridgehead atoms. The number of para-hydroxylation sites is 2. The fourth-order valence-electron chi connectivity index (χ4n) is 2.97. The number of benzene rings is 2. The summed E-state index contributed by atoms with van der Waals surface area (Å²) in [6.45, 7) is 3.83. The van der Waals surface area contributed by atoms with Crippen LogP contribution in [0.2, 0.25) is 0 Å². The Labute approximate surface area is 160 Å². The summed E-state index contributed by atoms with van der Waals surface area (Å²) in [6, 6.07) is 15.3. The number of aromatic nitrogens is 4. The van der Waals surface area contributed by atoms with Gasteiger partial charge in [-0.1, -0.05) is 49.0 Å². The van der Waals surface area contributed by atoms with E-state index in [0.29, 0.717) is 33.6 Å². The summed E-state index contributed by atoms with van der Waals surface area (Å²) in [6.07, 6.45) is 0.822. The second-order valence-corrected chi connectivity index (χ2v) is 6.98. The Kier molecular flexibility index (Phi) is 4.77. The van der Waals surface area contributed by atoms with Crippen molar-refractivity contribution in [2.45, 2.75) is 31.2 Å². The van der Waals surface area contributed by atoms with Gasteiger partial charge in [0.2, 0.25) is 11.8 Å². The van der Waals surface area contributed by atoms with Crippen molar-refractivity contribution in [3.63, 3.8) is 0 Å². The minimum atomic E-state index is -0.0780. The van der Waals surface area contributed by atoms with Crippen molar-refractivity contribution < 1.29 is 4.42 Å². The van der Waals surface area contributed by atoms with Gasteiger partial charge >= 0.3 is 0 Å². The molecule has 0 unspecified atom stereocenters. The van der Waals surface area contributed by atoms with E-state index < -0.39 is 0 Å². The minimum Gasteiger partial charge on any atom is -0.425 e. The van der Waals surface area contributed by atoms with E-state index in [2.05, 4.69) is 17.1 Å². The molecule has 0 aliphatic carbocycles. The molecule has 0 aliphatic heterocycles. The highest BCUT2D eigenvalue weighted by molar-refractivity contribution is 7.98. The largest absolute Gasteiger partial charge is 0.425 e. The van der Waals surface area contributed by atoms with Crippen molar-refractivity contribution in [3.05, 3.63) is 76.2 Å². The molecule has 2 aromatic heterocycles. The van der Waals surface area contributed by atoms with Crippen molar-refractivity contribution in [2.75, 3.05) is 0 Å². The highest BCUT2D eigenvalue weighted by Crippen LogP contribution is 2.25. The van der Waals surface area contributed by atoms with E-state index in [0.717, 1.165) is 17.7 Å². The summed E-state index contributed by atoms with van der Waals surface area (Å²) in [7, 11) is 0. The van der Waals surface area contributed by atoms with E-state index in [4.69, 9.17) is 9.40 Å². The van der Waals surface area contributed by atoms with Gasteiger partial charge in [0.15, 0.2) is 5.16 Å². The van der Waals surface area contributed by atoms with Gasteiger partial charge in [-0.2, -0.15) is 0 Å². The number of nitrogens with zero attached hydrogens (tertiary/aromatic N) is 4. The van der Waals surface area contributed by atoms with Crippen LogP contribution in [0.3, 0.4) is 0 Å². The highest BCUT2D eigenvalue weighted by Gasteiger charge is 2.16. The van der Waals surface area contributed by atoms with Gasteiger partial charge in [0.05, 0.1) is 22.3 Å². The van der Waals surface area contributed by atoms with E-state index in [-0.39, 0.29) is 5.56 Å².